The van der Waals surface area contributed by atoms with Crippen LogP contribution in [0.4, 0.5) is 0 Å². The molecule has 0 radical (unpaired) electrons. The average Bonchev–Trinajstić information content (AvgIpc) is 3.01. The molecule has 1 nitrogen and oxygen atoms in total. The minimum atomic E-state index is -1.22. The van der Waals surface area contributed by atoms with Gasteiger partial charge in [0.05, 0.1) is 0 Å². The van der Waals surface area contributed by atoms with Crippen molar-refractivity contribution in [3.8, 4) is 0 Å². The van der Waals surface area contributed by atoms with Crippen LogP contribution < -0.4 is 24.8 Å². The summed E-state index contributed by atoms with van der Waals surface area (Å²) in [7, 11) is -1.22. The predicted octanol–water partition coefficient (Wildman–Crippen LogP) is -1.12. The molecule has 21 heavy (non-hydrogen) atoms. The molecule has 0 atom stereocenters. The van der Waals surface area contributed by atoms with Gasteiger partial charge in [-0.3, -0.25) is 0 Å². The van der Waals surface area contributed by atoms with Crippen LogP contribution in [0.1, 0.15) is 6.42 Å². The summed E-state index contributed by atoms with van der Waals surface area (Å²) in [5, 5.41) is 0. The molecule has 2 aromatic carbocycles. The summed E-state index contributed by atoms with van der Waals surface area (Å²) in [6.07, 6.45) is 0.893. The molecule has 0 unspecified atom stereocenters. The topological polar surface area (TPSA) is 9.23 Å². The molecule has 0 aromatic heterocycles. The van der Waals surface area contributed by atoms with Gasteiger partial charge in [-0.15, -0.1) is 0 Å². The van der Waals surface area contributed by atoms with Crippen LogP contribution in [0.15, 0.2) is 60.7 Å². The fraction of sp³-hybridized carbons (Fsp3) is 0.312. The van der Waals surface area contributed by atoms with Crippen LogP contribution in [0, 0.1) is 6.92 Å². The first-order chi connectivity index (χ1) is 8.56. The molecule has 0 amide bonds. The van der Waals surface area contributed by atoms with E-state index in [1.54, 1.807) is 0 Å². The Morgan fingerprint density at radius 1 is 0.857 bits per heavy atom. The molecular formula is C16H25Cl2OSiZr-3. The van der Waals surface area contributed by atoms with Gasteiger partial charge in [-0.25, -0.2) is 24.3 Å². The Kier molecular flexibility index (Phi) is 28.4. The number of hydrogen-bond donors (Lipinski definition) is 0. The van der Waals surface area contributed by atoms with E-state index in [2.05, 4.69) is 26.6 Å². The third-order valence-electron chi connectivity index (χ3n) is 1.79. The van der Waals surface area contributed by atoms with Crippen LogP contribution in [-0.4, -0.2) is 14.9 Å². The Labute approximate surface area is 163 Å². The Morgan fingerprint density at radius 2 is 1.19 bits per heavy atom. The third kappa shape index (κ3) is 29.1. The Hall–Kier alpha value is 0.340. The standard InChI is InChI=1S/C6H15OSi.2C5H5.2ClH.Zr/c1-5-6-7-8(2,3)4;2*1-2-4-5-3-1;;;/h1,5-6H2,2-4H3;2*1-5H;2*1H;/q3*-1;;;+2/p-2. The van der Waals surface area contributed by atoms with E-state index in [1.165, 1.54) is 0 Å². The second-order valence-electron chi connectivity index (χ2n) is 4.74. The summed E-state index contributed by atoms with van der Waals surface area (Å²) in [6, 6.07) is 20.0. The molecule has 120 valence electrons. The minimum Gasteiger partial charge on any atom is -1.00 e. The second kappa shape index (κ2) is 20.3. The molecular weight excluding hydrogens is 398 g/mol. The monoisotopic (exact) mass is 421 g/mol. The fourth-order valence-electron chi connectivity index (χ4n) is 1.02. The smallest absolute Gasteiger partial charge is 1.00 e. The summed E-state index contributed by atoms with van der Waals surface area (Å²) in [4.78, 5) is 0. The van der Waals surface area contributed by atoms with Crippen molar-refractivity contribution in [2.45, 2.75) is 26.1 Å². The van der Waals surface area contributed by atoms with Crippen molar-refractivity contribution < 1.29 is 55.4 Å². The number of rotatable bonds is 3. The van der Waals surface area contributed by atoms with Crippen LogP contribution in [0.3, 0.4) is 0 Å². The summed E-state index contributed by atoms with van der Waals surface area (Å²) in [6.45, 7) is 11.1. The maximum atomic E-state index is 5.45. The molecule has 5 heteroatoms. The van der Waals surface area contributed by atoms with Crippen LogP contribution in [0.5, 0.6) is 0 Å². The van der Waals surface area contributed by atoms with Crippen LogP contribution in [-0.2, 0) is 30.6 Å². The van der Waals surface area contributed by atoms with E-state index in [0.717, 1.165) is 13.0 Å². The van der Waals surface area contributed by atoms with Gasteiger partial charge in [0.2, 0.25) is 0 Å². The summed E-state index contributed by atoms with van der Waals surface area (Å²) in [5.74, 6) is 0. The Bertz CT molecular complexity index is 271. The second-order valence-corrected chi connectivity index (χ2v) is 9.25. The van der Waals surface area contributed by atoms with Gasteiger partial charge < -0.3 is 36.2 Å². The quantitative estimate of drug-likeness (QED) is 0.449. The van der Waals surface area contributed by atoms with Crippen LogP contribution >= 0.6 is 0 Å². The zero-order valence-corrected chi connectivity index (χ0v) is 18.0. The van der Waals surface area contributed by atoms with E-state index >= 15 is 0 Å². The SMILES string of the molecule is [CH2-]CCO[Si](C)(C)C.[Cl-].[Cl-].[Zr+2].c1cc[cH-]c1.c1cc[cH-]c1. The molecule has 0 spiro atoms. The zero-order chi connectivity index (χ0) is 13.7. The van der Waals surface area contributed by atoms with Gasteiger partial charge in [0.25, 0.3) is 0 Å². The molecule has 2 rings (SSSR count). The van der Waals surface area contributed by atoms with Gasteiger partial charge in [0, 0.05) is 6.61 Å². The molecule has 0 saturated carbocycles. The average molecular weight is 424 g/mol. The summed E-state index contributed by atoms with van der Waals surface area (Å²) < 4.78 is 5.45. The van der Waals surface area contributed by atoms with E-state index in [1.807, 2.05) is 60.7 Å². The van der Waals surface area contributed by atoms with E-state index in [9.17, 15) is 0 Å². The van der Waals surface area contributed by atoms with Gasteiger partial charge in [-0.05, 0) is 19.6 Å². The van der Waals surface area contributed by atoms with Crippen molar-refractivity contribution in [3.63, 3.8) is 0 Å². The molecule has 0 N–H and O–H groups in total. The third-order valence-corrected chi connectivity index (χ3v) is 2.86. The Morgan fingerprint density at radius 3 is 1.29 bits per heavy atom. The summed E-state index contributed by atoms with van der Waals surface area (Å²) in [5.41, 5.74) is 0. The maximum absolute atomic E-state index is 5.45. The fourth-order valence-corrected chi connectivity index (χ4v) is 1.78. The van der Waals surface area contributed by atoms with E-state index < -0.39 is 8.32 Å². The first-order valence-corrected chi connectivity index (χ1v) is 9.73. The predicted molar refractivity (Wildman–Crippen MR) is 83.3 cm³/mol. The molecule has 0 fully saturated rings. The van der Waals surface area contributed by atoms with Gasteiger partial charge in [-0.1, -0.05) is 0 Å². The van der Waals surface area contributed by atoms with Crippen LogP contribution in [0.2, 0.25) is 19.6 Å². The van der Waals surface area contributed by atoms with E-state index in [4.69, 9.17) is 4.43 Å². The first-order valence-electron chi connectivity index (χ1n) is 6.33. The molecule has 0 aliphatic heterocycles. The molecule has 0 heterocycles. The molecule has 0 saturated heterocycles. The molecule has 2 aromatic rings. The van der Waals surface area contributed by atoms with Crippen molar-refractivity contribution >= 4 is 8.32 Å². The van der Waals surface area contributed by atoms with Gasteiger partial charge in [0.15, 0.2) is 8.32 Å². The minimum absolute atomic E-state index is 0. The number of halogens is 2. The number of hydrogen-bond acceptors (Lipinski definition) is 1. The first kappa shape index (κ1) is 29.4. The van der Waals surface area contributed by atoms with E-state index in [0.29, 0.717) is 0 Å². The summed E-state index contributed by atoms with van der Waals surface area (Å²) >= 11 is 0. The van der Waals surface area contributed by atoms with Crippen molar-refractivity contribution in [1.29, 1.82) is 0 Å². The molecule has 0 bridgehead atoms. The van der Waals surface area contributed by atoms with Gasteiger partial charge >= 0.3 is 26.2 Å². The zero-order valence-electron chi connectivity index (χ0n) is 13.1. The van der Waals surface area contributed by atoms with Crippen molar-refractivity contribution in [1.82, 2.24) is 0 Å². The van der Waals surface area contributed by atoms with Gasteiger partial charge in [0.1, 0.15) is 0 Å². The van der Waals surface area contributed by atoms with Crippen LogP contribution in [0.25, 0.3) is 0 Å². The normalized spacial score (nSPS) is 8.38. The maximum Gasteiger partial charge on any atom is 2.00 e. The Balaban J connectivity index is -0.0000000989. The van der Waals surface area contributed by atoms with Crippen molar-refractivity contribution in [3.05, 3.63) is 67.6 Å². The van der Waals surface area contributed by atoms with E-state index in [-0.39, 0.29) is 51.0 Å². The van der Waals surface area contributed by atoms with Crippen molar-refractivity contribution in [2.75, 3.05) is 6.61 Å². The largest absolute Gasteiger partial charge is 2.00 e. The van der Waals surface area contributed by atoms with Crippen molar-refractivity contribution in [2.24, 2.45) is 0 Å². The van der Waals surface area contributed by atoms with Gasteiger partial charge in [-0.2, -0.15) is 42.8 Å². The molecule has 0 aliphatic carbocycles. The molecule has 0 aliphatic rings.